The van der Waals surface area contributed by atoms with E-state index in [1.165, 1.54) is 22.2 Å². The zero-order valence-electron chi connectivity index (χ0n) is 14.7. The number of aryl methyl sites for hydroxylation is 1. The predicted octanol–water partition coefficient (Wildman–Crippen LogP) is 3.41. The highest BCUT2D eigenvalue weighted by molar-refractivity contribution is 5.79. The molecular formula is C21H23N3O. The third-order valence-corrected chi connectivity index (χ3v) is 5.20. The van der Waals surface area contributed by atoms with Crippen molar-refractivity contribution in [2.45, 2.75) is 38.8 Å². The summed E-state index contributed by atoms with van der Waals surface area (Å²) in [5.41, 5.74) is 5.87. The maximum Gasteiger partial charge on any atom is 0.250 e. The summed E-state index contributed by atoms with van der Waals surface area (Å²) in [6.07, 6.45) is 3.21. The van der Waals surface area contributed by atoms with Crippen LogP contribution in [0.5, 0.6) is 0 Å². The molecule has 25 heavy (non-hydrogen) atoms. The Balaban J connectivity index is 1.56. The van der Waals surface area contributed by atoms with Gasteiger partial charge >= 0.3 is 0 Å². The molecule has 0 saturated heterocycles. The van der Waals surface area contributed by atoms with Crippen LogP contribution in [0.15, 0.2) is 47.3 Å². The van der Waals surface area contributed by atoms with Crippen LogP contribution >= 0.6 is 0 Å². The van der Waals surface area contributed by atoms with Crippen molar-refractivity contribution in [1.29, 1.82) is 0 Å². The Kier molecular flexibility index (Phi) is 4.14. The average molecular weight is 333 g/mol. The van der Waals surface area contributed by atoms with Crippen LogP contribution in [0.1, 0.15) is 41.4 Å². The zero-order valence-corrected chi connectivity index (χ0v) is 14.7. The van der Waals surface area contributed by atoms with E-state index >= 15 is 0 Å². The van der Waals surface area contributed by atoms with Gasteiger partial charge in [0, 0.05) is 42.5 Å². The minimum atomic E-state index is 0.0803. The van der Waals surface area contributed by atoms with E-state index in [1.54, 1.807) is 10.6 Å². The number of nitrogens with zero attached hydrogens (tertiary/aromatic N) is 2. The largest absolute Gasteiger partial charge is 0.315 e. The van der Waals surface area contributed by atoms with Gasteiger partial charge in [0.25, 0.3) is 0 Å². The Morgan fingerprint density at radius 1 is 1.20 bits per heavy atom. The summed E-state index contributed by atoms with van der Waals surface area (Å²) in [5, 5.41) is 4.86. The number of rotatable bonds is 3. The van der Waals surface area contributed by atoms with Crippen LogP contribution in [-0.4, -0.2) is 9.55 Å². The molecule has 1 N–H and O–H groups in total. The van der Waals surface area contributed by atoms with E-state index in [-0.39, 0.29) is 5.56 Å². The average Bonchev–Trinajstić information content (AvgIpc) is 2.63. The summed E-state index contributed by atoms with van der Waals surface area (Å²) in [6.45, 7) is 2.83. The summed E-state index contributed by atoms with van der Waals surface area (Å²) < 4.78 is 1.80. The second kappa shape index (κ2) is 6.45. The summed E-state index contributed by atoms with van der Waals surface area (Å²) in [5.74, 6) is 0. The lowest BCUT2D eigenvalue weighted by atomic mass is 9.90. The van der Waals surface area contributed by atoms with E-state index in [2.05, 4.69) is 40.6 Å². The lowest BCUT2D eigenvalue weighted by molar-refractivity contribution is 0.445. The summed E-state index contributed by atoms with van der Waals surface area (Å²) in [6, 6.07) is 14.6. The fourth-order valence-electron chi connectivity index (χ4n) is 3.79. The van der Waals surface area contributed by atoms with Crippen LogP contribution in [0.25, 0.3) is 10.9 Å². The van der Waals surface area contributed by atoms with E-state index in [1.807, 2.05) is 20.0 Å². The molecule has 0 fully saturated rings. The summed E-state index contributed by atoms with van der Waals surface area (Å²) in [7, 11) is 1.88. The molecule has 4 nitrogen and oxygen atoms in total. The first-order chi connectivity index (χ1) is 12.1. The third kappa shape index (κ3) is 3.10. The Morgan fingerprint density at radius 2 is 2.08 bits per heavy atom. The number of aromatic nitrogens is 2. The smallest absolute Gasteiger partial charge is 0.250 e. The van der Waals surface area contributed by atoms with Crippen molar-refractivity contribution in [1.82, 2.24) is 14.9 Å². The molecule has 1 atom stereocenters. The van der Waals surface area contributed by atoms with Crippen LogP contribution in [-0.2, 0) is 20.0 Å². The van der Waals surface area contributed by atoms with Crippen molar-refractivity contribution in [2.75, 3.05) is 0 Å². The standard InChI is InChI=1S/C21H23N3O/c1-14-6-8-16-12-15(7-10-18(16)23-14)13-22-19-4-3-5-20-17(19)9-11-21(25)24(20)2/h6-12,19,22H,3-5,13H2,1-2H3. The molecule has 4 rings (SSSR count). The maximum absolute atomic E-state index is 11.9. The highest BCUT2D eigenvalue weighted by Crippen LogP contribution is 2.28. The molecule has 0 spiro atoms. The number of pyridine rings is 2. The molecule has 0 amide bonds. The SMILES string of the molecule is Cc1ccc2cc(CNC3CCCc4c3ccc(=O)n4C)ccc2n1. The van der Waals surface area contributed by atoms with Gasteiger partial charge in [0.2, 0.25) is 5.56 Å². The van der Waals surface area contributed by atoms with Crippen molar-refractivity contribution in [3.8, 4) is 0 Å². The molecular weight excluding hydrogens is 310 g/mol. The van der Waals surface area contributed by atoms with E-state index in [0.29, 0.717) is 6.04 Å². The van der Waals surface area contributed by atoms with Gasteiger partial charge in [0.15, 0.2) is 0 Å². The summed E-state index contributed by atoms with van der Waals surface area (Å²) in [4.78, 5) is 16.4. The zero-order chi connectivity index (χ0) is 17.4. The Bertz CT molecular complexity index is 990. The van der Waals surface area contributed by atoms with Gasteiger partial charge in [-0.25, -0.2) is 0 Å². The number of hydrogen-bond acceptors (Lipinski definition) is 3. The Morgan fingerprint density at radius 3 is 2.96 bits per heavy atom. The van der Waals surface area contributed by atoms with Crippen molar-refractivity contribution in [3.05, 3.63) is 75.3 Å². The minimum absolute atomic E-state index is 0.0803. The molecule has 2 aromatic heterocycles. The molecule has 0 saturated carbocycles. The number of nitrogens with one attached hydrogen (secondary N) is 1. The van der Waals surface area contributed by atoms with Gasteiger partial charge in [-0.05, 0) is 55.5 Å². The molecule has 2 heterocycles. The van der Waals surface area contributed by atoms with Crippen LogP contribution in [0.4, 0.5) is 0 Å². The van der Waals surface area contributed by atoms with E-state index in [0.717, 1.165) is 37.0 Å². The molecule has 0 bridgehead atoms. The molecule has 1 unspecified atom stereocenters. The van der Waals surface area contributed by atoms with Gasteiger partial charge in [-0.3, -0.25) is 9.78 Å². The number of benzene rings is 1. The molecule has 1 aliphatic rings. The second-order valence-electron chi connectivity index (χ2n) is 6.94. The second-order valence-corrected chi connectivity index (χ2v) is 6.94. The minimum Gasteiger partial charge on any atom is -0.315 e. The van der Waals surface area contributed by atoms with Gasteiger partial charge in [-0.1, -0.05) is 18.2 Å². The van der Waals surface area contributed by atoms with Crippen LogP contribution in [0, 0.1) is 6.92 Å². The Hall–Kier alpha value is -2.46. The highest BCUT2D eigenvalue weighted by atomic mass is 16.1. The molecule has 4 heteroatoms. The van der Waals surface area contributed by atoms with Gasteiger partial charge in [0.05, 0.1) is 5.52 Å². The normalized spacial score (nSPS) is 16.8. The monoisotopic (exact) mass is 333 g/mol. The lowest BCUT2D eigenvalue weighted by Crippen LogP contribution is -2.30. The molecule has 1 aliphatic carbocycles. The quantitative estimate of drug-likeness (QED) is 0.799. The molecule has 0 aliphatic heterocycles. The van der Waals surface area contributed by atoms with Crippen LogP contribution in [0.2, 0.25) is 0 Å². The number of fused-ring (bicyclic) bond motifs is 2. The lowest BCUT2D eigenvalue weighted by Gasteiger charge is -2.28. The van der Waals surface area contributed by atoms with Crippen LogP contribution in [0.3, 0.4) is 0 Å². The van der Waals surface area contributed by atoms with E-state index in [4.69, 9.17) is 0 Å². The van der Waals surface area contributed by atoms with Crippen LogP contribution < -0.4 is 10.9 Å². The highest BCUT2D eigenvalue weighted by Gasteiger charge is 2.21. The maximum atomic E-state index is 11.9. The third-order valence-electron chi connectivity index (χ3n) is 5.20. The Labute approximate surface area is 147 Å². The van der Waals surface area contributed by atoms with Gasteiger partial charge in [-0.2, -0.15) is 0 Å². The topological polar surface area (TPSA) is 46.9 Å². The fourth-order valence-corrected chi connectivity index (χ4v) is 3.79. The van der Waals surface area contributed by atoms with Crippen molar-refractivity contribution >= 4 is 10.9 Å². The molecule has 0 radical (unpaired) electrons. The van der Waals surface area contributed by atoms with E-state index < -0.39 is 0 Å². The predicted molar refractivity (Wildman–Crippen MR) is 101 cm³/mol. The van der Waals surface area contributed by atoms with Crippen molar-refractivity contribution < 1.29 is 0 Å². The fraction of sp³-hybridized carbons (Fsp3) is 0.333. The molecule has 1 aromatic carbocycles. The van der Waals surface area contributed by atoms with E-state index in [9.17, 15) is 4.79 Å². The van der Waals surface area contributed by atoms with Gasteiger partial charge in [0.1, 0.15) is 0 Å². The number of hydrogen-bond donors (Lipinski definition) is 1. The first kappa shape index (κ1) is 16.0. The van der Waals surface area contributed by atoms with Gasteiger partial charge < -0.3 is 9.88 Å². The first-order valence-electron chi connectivity index (χ1n) is 8.90. The van der Waals surface area contributed by atoms with Gasteiger partial charge in [-0.15, -0.1) is 0 Å². The molecule has 3 aromatic rings. The van der Waals surface area contributed by atoms with Crippen molar-refractivity contribution in [3.63, 3.8) is 0 Å². The first-order valence-corrected chi connectivity index (χ1v) is 8.90. The molecule has 128 valence electrons. The summed E-state index contributed by atoms with van der Waals surface area (Å²) >= 11 is 0. The van der Waals surface area contributed by atoms with Crippen molar-refractivity contribution in [2.24, 2.45) is 7.05 Å².